The number of aromatic nitrogens is 4. The van der Waals surface area contributed by atoms with Gasteiger partial charge in [0, 0.05) is 29.4 Å². The minimum Gasteiger partial charge on any atom is -0.474 e. The molecule has 0 saturated heterocycles. The number of ether oxygens (including phenoxy) is 1. The Balaban J connectivity index is 1.72. The van der Waals surface area contributed by atoms with Gasteiger partial charge in [-0.3, -0.25) is 9.89 Å². The van der Waals surface area contributed by atoms with Crippen molar-refractivity contribution in [2.24, 2.45) is 5.92 Å². The van der Waals surface area contributed by atoms with Crippen molar-refractivity contribution in [2.75, 3.05) is 5.73 Å². The predicted octanol–water partition coefficient (Wildman–Crippen LogP) is 3.18. The summed E-state index contributed by atoms with van der Waals surface area (Å²) in [5.74, 6) is -0.0297. The lowest BCUT2D eigenvalue weighted by molar-refractivity contribution is 0.0842. The number of halogens is 1. The van der Waals surface area contributed by atoms with Gasteiger partial charge in [-0.25, -0.2) is 9.37 Å². The number of benzene rings is 1. The number of pyridine rings is 2. The van der Waals surface area contributed by atoms with Crippen molar-refractivity contribution in [3.63, 3.8) is 0 Å². The summed E-state index contributed by atoms with van der Waals surface area (Å²) in [4.78, 5) is 19.9. The Morgan fingerprint density at radius 1 is 1.37 bits per heavy atom. The number of nitrogens with one attached hydrogen (secondary N) is 2. The molecule has 30 heavy (non-hydrogen) atoms. The Hall–Kier alpha value is -3.93. The molecule has 0 aliphatic heterocycles. The van der Waals surface area contributed by atoms with E-state index in [9.17, 15) is 9.18 Å². The summed E-state index contributed by atoms with van der Waals surface area (Å²) >= 11 is 0. The van der Waals surface area contributed by atoms with Gasteiger partial charge in [0.15, 0.2) is 0 Å². The van der Waals surface area contributed by atoms with E-state index in [1.54, 1.807) is 12.1 Å². The van der Waals surface area contributed by atoms with Crippen LogP contribution in [-0.4, -0.2) is 26.3 Å². The number of hydrogen-bond donors (Lipinski definition) is 3. The first kappa shape index (κ1) is 18.1. The number of nitrogens with two attached hydrogens (primary N) is 1. The molecular formula is C21H17FN6O2. The van der Waals surface area contributed by atoms with E-state index < -0.39 is 11.4 Å². The molecule has 0 atom stereocenters. The second-order valence-electron chi connectivity index (χ2n) is 7.54. The fourth-order valence-electron chi connectivity index (χ4n) is 3.85. The fraction of sp³-hybridized carbons (Fsp3) is 0.238. The number of rotatable bonds is 3. The average molecular weight is 404 g/mol. The molecule has 9 heteroatoms. The normalized spacial score (nSPS) is 18.3. The van der Waals surface area contributed by atoms with Crippen molar-refractivity contribution in [1.29, 1.82) is 5.26 Å². The third-order valence-corrected chi connectivity index (χ3v) is 5.56. The molecule has 5 rings (SSSR count). The molecule has 0 unspecified atom stereocenters. The van der Waals surface area contributed by atoms with Crippen LogP contribution in [0.3, 0.4) is 0 Å². The molecule has 0 bridgehead atoms. The summed E-state index contributed by atoms with van der Waals surface area (Å²) in [7, 11) is 0. The number of aryl methyl sites for hydroxylation is 1. The lowest BCUT2D eigenvalue weighted by atomic mass is 9.83. The van der Waals surface area contributed by atoms with Gasteiger partial charge in [-0.1, -0.05) is 6.07 Å². The third-order valence-electron chi connectivity index (χ3n) is 5.56. The topological polar surface area (TPSA) is 133 Å². The summed E-state index contributed by atoms with van der Waals surface area (Å²) in [5, 5.41) is 16.0. The van der Waals surface area contributed by atoms with Crippen LogP contribution in [-0.2, 0) is 0 Å². The van der Waals surface area contributed by atoms with Crippen LogP contribution in [0.2, 0.25) is 0 Å². The quantitative estimate of drug-likeness (QED) is 0.480. The molecule has 4 aromatic rings. The predicted molar refractivity (Wildman–Crippen MR) is 109 cm³/mol. The molecule has 8 nitrogen and oxygen atoms in total. The Bertz CT molecular complexity index is 1410. The van der Waals surface area contributed by atoms with Gasteiger partial charge in [0.2, 0.25) is 5.88 Å². The van der Waals surface area contributed by atoms with Crippen molar-refractivity contribution in [1.82, 2.24) is 20.2 Å². The number of H-pyrrole nitrogens is 2. The molecule has 1 aliphatic carbocycles. The number of hydrogen-bond acceptors (Lipinski definition) is 6. The van der Waals surface area contributed by atoms with E-state index in [2.05, 4.69) is 26.2 Å². The van der Waals surface area contributed by atoms with E-state index in [0.29, 0.717) is 46.3 Å². The lowest BCUT2D eigenvalue weighted by Crippen LogP contribution is -2.33. The maximum absolute atomic E-state index is 14.1. The minimum atomic E-state index is -0.455. The zero-order valence-electron chi connectivity index (χ0n) is 16.0. The molecule has 4 N–H and O–H groups in total. The molecule has 1 fully saturated rings. The maximum Gasteiger partial charge on any atom is 0.272 e. The molecule has 1 aromatic carbocycles. The summed E-state index contributed by atoms with van der Waals surface area (Å²) in [6, 6.07) is 6.86. The van der Waals surface area contributed by atoms with Gasteiger partial charge < -0.3 is 15.5 Å². The zero-order chi connectivity index (χ0) is 21.0. The van der Waals surface area contributed by atoms with Gasteiger partial charge in [-0.2, -0.15) is 10.4 Å². The molecule has 3 heterocycles. The highest BCUT2D eigenvalue weighted by Crippen LogP contribution is 2.37. The highest BCUT2D eigenvalue weighted by molar-refractivity contribution is 6.06. The van der Waals surface area contributed by atoms with Gasteiger partial charge in [0.05, 0.1) is 23.7 Å². The van der Waals surface area contributed by atoms with Crippen molar-refractivity contribution < 1.29 is 9.13 Å². The third kappa shape index (κ3) is 2.69. The Morgan fingerprint density at radius 3 is 2.93 bits per heavy atom. The second-order valence-corrected chi connectivity index (χ2v) is 7.54. The highest BCUT2D eigenvalue weighted by atomic mass is 19.1. The largest absolute Gasteiger partial charge is 0.474 e. The number of nitrogen functional groups attached to an aromatic ring is 1. The molecule has 3 aromatic heterocycles. The van der Waals surface area contributed by atoms with E-state index in [1.165, 1.54) is 12.3 Å². The first-order chi connectivity index (χ1) is 14.5. The van der Waals surface area contributed by atoms with Crippen LogP contribution in [0.25, 0.3) is 33.1 Å². The number of nitriles is 1. The summed E-state index contributed by atoms with van der Waals surface area (Å²) in [6.45, 7) is 1.84. The van der Waals surface area contributed by atoms with Gasteiger partial charge >= 0.3 is 0 Å². The molecule has 0 spiro atoms. The lowest BCUT2D eigenvalue weighted by Gasteiger charge is -2.31. The molecule has 1 aliphatic rings. The first-order valence-electron chi connectivity index (χ1n) is 9.47. The Labute approximate surface area is 169 Å². The molecule has 0 amide bonds. The standard InChI is InChI=1S/C21H17FN6O2/c1-9-4-15-19(27-21(9)30-11-5-10(6-11)7-23)16(17(24)20(29)26-15)12-2-3-14(22)18-13(12)8-25-28-18/h2-4,8,10-11H,5-6,24H2,1H3,(H,25,28)(H,26,29). The van der Waals surface area contributed by atoms with Crippen LogP contribution >= 0.6 is 0 Å². The van der Waals surface area contributed by atoms with Crippen molar-refractivity contribution >= 4 is 27.6 Å². The first-order valence-corrected chi connectivity index (χ1v) is 9.47. The van der Waals surface area contributed by atoms with Gasteiger partial charge in [0.25, 0.3) is 5.56 Å². The number of nitrogens with zero attached hydrogens (tertiary/aromatic N) is 3. The average Bonchev–Trinajstić information content (AvgIpc) is 3.18. The van der Waals surface area contributed by atoms with Crippen molar-refractivity contribution in [3.05, 3.63) is 46.1 Å². The second kappa shape index (κ2) is 6.56. The highest BCUT2D eigenvalue weighted by Gasteiger charge is 2.31. The van der Waals surface area contributed by atoms with E-state index >= 15 is 0 Å². The Kier molecular flexibility index (Phi) is 3.96. The fourth-order valence-corrected chi connectivity index (χ4v) is 3.85. The van der Waals surface area contributed by atoms with Crippen LogP contribution in [0.5, 0.6) is 5.88 Å². The van der Waals surface area contributed by atoms with E-state index in [4.69, 9.17) is 15.7 Å². The SMILES string of the molecule is Cc1cc2[nH]c(=O)c(N)c(-c3ccc(F)c4[nH]ncc34)c2nc1OC1CC(C#N)C1. The van der Waals surface area contributed by atoms with Crippen LogP contribution in [0.1, 0.15) is 18.4 Å². The van der Waals surface area contributed by atoms with Crippen LogP contribution in [0.15, 0.2) is 29.2 Å². The number of aromatic amines is 2. The molecule has 0 radical (unpaired) electrons. The summed E-state index contributed by atoms with van der Waals surface area (Å²) < 4.78 is 20.1. The van der Waals surface area contributed by atoms with Gasteiger partial charge in [-0.05, 0) is 24.6 Å². The van der Waals surface area contributed by atoms with Crippen molar-refractivity contribution in [3.8, 4) is 23.1 Å². The Morgan fingerprint density at radius 2 is 2.17 bits per heavy atom. The van der Waals surface area contributed by atoms with Crippen LogP contribution in [0, 0.1) is 30.0 Å². The number of fused-ring (bicyclic) bond motifs is 2. The van der Waals surface area contributed by atoms with E-state index in [1.807, 2.05) is 6.92 Å². The molecular weight excluding hydrogens is 387 g/mol. The smallest absolute Gasteiger partial charge is 0.272 e. The van der Waals surface area contributed by atoms with Crippen LogP contribution < -0.4 is 16.0 Å². The number of anilines is 1. The summed E-state index contributed by atoms with van der Waals surface area (Å²) in [5.41, 5.74) is 8.54. The maximum atomic E-state index is 14.1. The minimum absolute atomic E-state index is 0.00640. The van der Waals surface area contributed by atoms with E-state index in [0.717, 1.165) is 5.56 Å². The molecule has 1 saturated carbocycles. The van der Waals surface area contributed by atoms with E-state index in [-0.39, 0.29) is 23.2 Å². The van der Waals surface area contributed by atoms with Gasteiger partial charge in [0.1, 0.15) is 28.6 Å². The van der Waals surface area contributed by atoms with Gasteiger partial charge in [-0.15, -0.1) is 0 Å². The van der Waals surface area contributed by atoms with Crippen LogP contribution in [0.4, 0.5) is 10.1 Å². The summed E-state index contributed by atoms with van der Waals surface area (Å²) in [6.07, 6.45) is 2.73. The molecule has 150 valence electrons. The zero-order valence-corrected chi connectivity index (χ0v) is 16.0. The monoisotopic (exact) mass is 404 g/mol. The van der Waals surface area contributed by atoms with Crippen molar-refractivity contribution in [2.45, 2.75) is 25.9 Å².